The van der Waals surface area contributed by atoms with E-state index in [0.29, 0.717) is 6.42 Å². The molecule has 19 heavy (non-hydrogen) atoms. The van der Waals surface area contributed by atoms with E-state index in [-0.39, 0.29) is 29.6 Å². The molecule has 2 heterocycles. The first-order chi connectivity index (χ1) is 8.96. The Balaban J connectivity index is 1.85. The number of rotatable bonds is 3. The van der Waals surface area contributed by atoms with Crippen molar-refractivity contribution in [3.63, 3.8) is 0 Å². The Kier molecular flexibility index (Phi) is 4.04. The molecule has 0 radical (unpaired) electrons. The summed E-state index contributed by atoms with van der Waals surface area (Å²) in [5, 5.41) is 5.47. The highest BCUT2D eigenvalue weighted by molar-refractivity contribution is 7.91. The van der Waals surface area contributed by atoms with Crippen LogP contribution >= 0.6 is 0 Å². The van der Waals surface area contributed by atoms with Crippen LogP contribution in [0.2, 0.25) is 0 Å². The molecule has 0 aliphatic carbocycles. The van der Waals surface area contributed by atoms with Gasteiger partial charge in [0.15, 0.2) is 9.84 Å². The number of nitrogens with zero attached hydrogens (tertiary/aromatic N) is 1. The van der Waals surface area contributed by atoms with E-state index >= 15 is 0 Å². The van der Waals surface area contributed by atoms with Crippen LogP contribution in [0.15, 0.2) is 24.5 Å². The van der Waals surface area contributed by atoms with Crippen LogP contribution in [-0.2, 0) is 9.84 Å². The topological polar surface area (TPSA) is 88.2 Å². The van der Waals surface area contributed by atoms with Crippen LogP contribution in [0.1, 0.15) is 24.9 Å². The molecule has 2 atom stereocenters. The van der Waals surface area contributed by atoms with Gasteiger partial charge in [-0.3, -0.25) is 4.98 Å². The van der Waals surface area contributed by atoms with Gasteiger partial charge in [0.25, 0.3) is 0 Å². The first kappa shape index (κ1) is 13.8. The number of aromatic nitrogens is 1. The monoisotopic (exact) mass is 283 g/mol. The molecule has 2 N–H and O–H groups in total. The average molecular weight is 283 g/mol. The Morgan fingerprint density at radius 2 is 2.11 bits per heavy atom. The Morgan fingerprint density at radius 3 is 2.68 bits per heavy atom. The third-order valence-electron chi connectivity index (χ3n) is 3.12. The summed E-state index contributed by atoms with van der Waals surface area (Å²) < 4.78 is 22.6. The lowest BCUT2D eigenvalue weighted by Crippen LogP contribution is -2.43. The molecule has 2 amide bonds. The zero-order chi connectivity index (χ0) is 13.9. The fraction of sp³-hybridized carbons (Fsp3) is 0.500. The number of urea groups is 1. The molecule has 1 aliphatic rings. The van der Waals surface area contributed by atoms with Crippen LogP contribution in [-0.4, -0.2) is 37.0 Å². The molecule has 2 rings (SSSR count). The SMILES string of the molecule is CC(NC(=O)NC1CCS(=O)(=O)C1)c1ccncc1. The van der Waals surface area contributed by atoms with E-state index in [9.17, 15) is 13.2 Å². The van der Waals surface area contributed by atoms with Gasteiger partial charge in [-0.2, -0.15) is 0 Å². The van der Waals surface area contributed by atoms with E-state index in [2.05, 4.69) is 15.6 Å². The highest BCUT2D eigenvalue weighted by Crippen LogP contribution is 2.12. The van der Waals surface area contributed by atoms with Crippen LogP contribution < -0.4 is 10.6 Å². The van der Waals surface area contributed by atoms with E-state index in [4.69, 9.17) is 0 Å². The molecule has 104 valence electrons. The minimum absolute atomic E-state index is 0.0318. The van der Waals surface area contributed by atoms with Crippen molar-refractivity contribution in [1.29, 1.82) is 0 Å². The first-order valence-electron chi connectivity index (χ1n) is 6.14. The summed E-state index contributed by atoms with van der Waals surface area (Å²) in [6, 6.07) is 2.87. The standard InChI is InChI=1S/C12H17N3O3S/c1-9(10-2-5-13-6-3-10)14-12(16)15-11-4-7-19(17,18)8-11/h2-3,5-6,9,11H,4,7-8H2,1H3,(H2,14,15,16). The highest BCUT2D eigenvalue weighted by Gasteiger charge is 2.29. The number of hydrogen-bond donors (Lipinski definition) is 2. The number of carbonyl (C=O) groups is 1. The summed E-state index contributed by atoms with van der Waals surface area (Å²) >= 11 is 0. The second-order valence-corrected chi connectivity index (χ2v) is 6.95. The molecule has 1 aliphatic heterocycles. The van der Waals surface area contributed by atoms with Gasteiger partial charge < -0.3 is 10.6 Å². The zero-order valence-electron chi connectivity index (χ0n) is 10.7. The van der Waals surface area contributed by atoms with Crippen molar-refractivity contribution >= 4 is 15.9 Å². The van der Waals surface area contributed by atoms with Crippen LogP contribution in [0.5, 0.6) is 0 Å². The van der Waals surface area contributed by atoms with Gasteiger partial charge >= 0.3 is 6.03 Å². The van der Waals surface area contributed by atoms with Gasteiger partial charge in [-0.1, -0.05) is 0 Å². The van der Waals surface area contributed by atoms with Crippen molar-refractivity contribution < 1.29 is 13.2 Å². The van der Waals surface area contributed by atoms with E-state index in [1.54, 1.807) is 12.4 Å². The van der Waals surface area contributed by atoms with Crippen LogP contribution in [0, 0.1) is 0 Å². The molecule has 1 aromatic rings. The van der Waals surface area contributed by atoms with Gasteiger partial charge in [0.2, 0.25) is 0 Å². The van der Waals surface area contributed by atoms with Crippen molar-refractivity contribution in [2.75, 3.05) is 11.5 Å². The van der Waals surface area contributed by atoms with Crippen molar-refractivity contribution in [3.8, 4) is 0 Å². The van der Waals surface area contributed by atoms with E-state index < -0.39 is 9.84 Å². The highest BCUT2D eigenvalue weighted by atomic mass is 32.2. The largest absolute Gasteiger partial charge is 0.334 e. The molecular formula is C12H17N3O3S. The lowest BCUT2D eigenvalue weighted by molar-refractivity contribution is 0.235. The molecular weight excluding hydrogens is 266 g/mol. The minimum Gasteiger partial charge on any atom is -0.334 e. The van der Waals surface area contributed by atoms with Gasteiger partial charge in [-0.15, -0.1) is 0 Å². The van der Waals surface area contributed by atoms with Crippen LogP contribution in [0.3, 0.4) is 0 Å². The summed E-state index contributed by atoms with van der Waals surface area (Å²) in [4.78, 5) is 15.7. The third kappa shape index (κ3) is 3.92. The zero-order valence-corrected chi connectivity index (χ0v) is 11.5. The lowest BCUT2D eigenvalue weighted by Gasteiger charge is -2.17. The van der Waals surface area contributed by atoms with Gasteiger partial charge in [-0.25, -0.2) is 13.2 Å². The summed E-state index contributed by atoms with van der Waals surface area (Å²) in [6.07, 6.45) is 3.81. The maximum absolute atomic E-state index is 11.8. The second kappa shape index (κ2) is 5.56. The Morgan fingerprint density at radius 1 is 1.42 bits per heavy atom. The average Bonchev–Trinajstić information content (AvgIpc) is 2.69. The fourth-order valence-electron chi connectivity index (χ4n) is 2.07. The van der Waals surface area contributed by atoms with E-state index in [1.165, 1.54) is 0 Å². The predicted molar refractivity (Wildman–Crippen MR) is 71.4 cm³/mol. The minimum atomic E-state index is -2.97. The van der Waals surface area contributed by atoms with Gasteiger partial charge in [0.05, 0.1) is 17.5 Å². The lowest BCUT2D eigenvalue weighted by atomic mass is 10.1. The number of amides is 2. The van der Waals surface area contributed by atoms with Crippen molar-refractivity contribution in [2.24, 2.45) is 0 Å². The number of sulfone groups is 1. The molecule has 1 fully saturated rings. The first-order valence-corrected chi connectivity index (χ1v) is 7.96. The number of nitrogens with one attached hydrogen (secondary N) is 2. The molecule has 0 aromatic carbocycles. The number of pyridine rings is 1. The molecule has 1 aromatic heterocycles. The molecule has 1 saturated heterocycles. The number of carbonyl (C=O) groups excluding carboxylic acids is 1. The Bertz CT molecular complexity index is 545. The summed E-state index contributed by atoms with van der Waals surface area (Å²) in [6.45, 7) is 1.86. The van der Waals surface area contributed by atoms with Crippen molar-refractivity contribution in [2.45, 2.75) is 25.4 Å². The molecule has 0 spiro atoms. The van der Waals surface area contributed by atoms with Crippen molar-refractivity contribution in [3.05, 3.63) is 30.1 Å². The summed E-state index contributed by atoms with van der Waals surface area (Å²) in [7, 11) is -2.97. The quantitative estimate of drug-likeness (QED) is 0.851. The molecule has 0 saturated carbocycles. The molecule has 6 nitrogen and oxygen atoms in total. The molecule has 7 heteroatoms. The van der Waals surface area contributed by atoms with E-state index in [0.717, 1.165) is 5.56 Å². The van der Waals surface area contributed by atoms with Gasteiger partial charge in [0, 0.05) is 18.4 Å². The molecule has 0 bridgehead atoms. The van der Waals surface area contributed by atoms with Crippen LogP contribution in [0.4, 0.5) is 4.79 Å². The van der Waals surface area contributed by atoms with E-state index in [1.807, 2.05) is 19.1 Å². The summed E-state index contributed by atoms with van der Waals surface area (Å²) in [5.74, 6) is 0.182. The van der Waals surface area contributed by atoms with Gasteiger partial charge in [0.1, 0.15) is 0 Å². The summed E-state index contributed by atoms with van der Waals surface area (Å²) in [5.41, 5.74) is 0.948. The van der Waals surface area contributed by atoms with Crippen LogP contribution in [0.25, 0.3) is 0 Å². The Labute approximate surface area is 112 Å². The normalized spacial score (nSPS) is 22.7. The smallest absolute Gasteiger partial charge is 0.315 e. The molecule has 2 unspecified atom stereocenters. The number of hydrogen-bond acceptors (Lipinski definition) is 4. The second-order valence-electron chi connectivity index (χ2n) is 4.72. The maximum atomic E-state index is 11.8. The fourth-order valence-corrected chi connectivity index (χ4v) is 3.74. The van der Waals surface area contributed by atoms with Gasteiger partial charge in [-0.05, 0) is 31.0 Å². The Hall–Kier alpha value is -1.63. The maximum Gasteiger partial charge on any atom is 0.315 e. The predicted octanol–water partition coefficient (Wildman–Crippen LogP) is 0.629. The third-order valence-corrected chi connectivity index (χ3v) is 4.89. The van der Waals surface area contributed by atoms with Crippen molar-refractivity contribution in [1.82, 2.24) is 15.6 Å².